The number of allylic oxidation sites excluding steroid dienone is 2. The second kappa shape index (κ2) is 9.59. The lowest BCUT2D eigenvalue weighted by Gasteiger charge is -2.28. The van der Waals surface area contributed by atoms with Crippen molar-refractivity contribution >= 4 is 5.97 Å². The summed E-state index contributed by atoms with van der Waals surface area (Å²) >= 11 is 0. The second-order valence-electron chi connectivity index (χ2n) is 6.96. The van der Waals surface area contributed by atoms with E-state index in [1.165, 1.54) is 0 Å². The molecule has 1 aromatic carbocycles. The predicted octanol–water partition coefficient (Wildman–Crippen LogP) is 3.03. The van der Waals surface area contributed by atoms with Crippen LogP contribution in [0.3, 0.4) is 0 Å². The van der Waals surface area contributed by atoms with Gasteiger partial charge >= 0.3 is 5.97 Å². The number of nitriles is 1. The molecule has 7 nitrogen and oxygen atoms in total. The van der Waals surface area contributed by atoms with Crippen LogP contribution in [-0.4, -0.2) is 31.9 Å². The molecule has 2 N–H and O–H groups in total. The zero-order chi connectivity index (χ0) is 20.8. The van der Waals surface area contributed by atoms with Crippen molar-refractivity contribution in [1.82, 2.24) is 0 Å². The Morgan fingerprint density at radius 2 is 2.17 bits per heavy atom. The summed E-state index contributed by atoms with van der Waals surface area (Å²) in [6.07, 6.45) is 2.16. The van der Waals surface area contributed by atoms with E-state index < -0.39 is 11.9 Å². The third-order valence-electron chi connectivity index (χ3n) is 5.05. The summed E-state index contributed by atoms with van der Waals surface area (Å²) in [5.41, 5.74) is 8.08. The number of benzene rings is 1. The zero-order valence-electron chi connectivity index (χ0n) is 16.8. The maximum Gasteiger partial charge on any atom is 0.338 e. The fourth-order valence-electron chi connectivity index (χ4n) is 3.69. The Morgan fingerprint density at radius 1 is 1.38 bits per heavy atom. The fourth-order valence-corrected chi connectivity index (χ4v) is 3.69. The first kappa shape index (κ1) is 20.9. The minimum atomic E-state index is -0.671. The Labute approximate surface area is 170 Å². The molecular weight excluding hydrogens is 372 g/mol. The molecule has 1 aromatic rings. The SMILES string of the molecule is CCOC(=O)C1=C(C)OC(N)=C(C#N)C1c1ccccc1COCC1CCCO1. The minimum absolute atomic E-state index is 0.00174. The van der Waals surface area contributed by atoms with Gasteiger partial charge < -0.3 is 24.7 Å². The lowest BCUT2D eigenvalue weighted by Crippen LogP contribution is -2.26. The quantitative estimate of drug-likeness (QED) is 0.704. The van der Waals surface area contributed by atoms with Crippen molar-refractivity contribution in [1.29, 1.82) is 5.26 Å². The molecule has 0 amide bonds. The highest BCUT2D eigenvalue weighted by Crippen LogP contribution is 2.41. The van der Waals surface area contributed by atoms with Gasteiger partial charge in [0.1, 0.15) is 17.4 Å². The smallest absolute Gasteiger partial charge is 0.338 e. The van der Waals surface area contributed by atoms with Crippen LogP contribution in [0.2, 0.25) is 0 Å². The van der Waals surface area contributed by atoms with Gasteiger partial charge in [-0.1, -0.05) is 24.3 Å². The van der Waals surface area contributed by atoms with Gasteiger partial charge in [-0.15, -0.1) is 0 Å². The Kier molecular flexibility index (Phi) is 6.91. The van der Waals surface area contributed by atoms with Crippen LogP contribution >= 0.6 is 0 Å². The third kappa shape index (κ3) is 4.61. The Bertz CT molecular complexity index is 862. The largest absolute Gasteiger partial charge is 0.463 e. The van der Waals surface area contributed by atoms with Gasteiger partial charge in [0.15, 0.2) is 0 Å². The van der Waals surface area contributed by atoms with Gasteiger partial charge in [0.25, 0.3) is 0 Å². The van der Waals surface area contributed by atoms with Crippen LogP contribution < -0.4 is 5.73 Å². The lowest BCUT2D eigenvalue weighted by molar-refractivity contribution is -0.139. The maximum absolute atomic E-state index is 12.7. The number of hydrogen-bond donors (Lipinski definition) is 1. The molecule has 7 heteroatoms. The summed E-state index contributed by atoms with van der Waals surface area (Å²) in [5, 5.41) is 9.73. The zero-order valence-corrected chi connectivity index (χ0v) is 16.8. The third-order valence-corrected chi connectivity index (χ3v) is 5.05. The Balaban J connectivity index is 1.93. The first-order valence-electron chi connectivity index (χ1n) is 9.79. The van der Waals surface area contributed by atoms with Crippen LogP contribution in [-0.2, 0) is 30.3 Å². The molecule has 0 saturated carbocycles. The summed E-state index contributed by atoms with van der Waals surface area (Å²) in [4.78, 5) is 12.7. The molecule has 0 spiro atoms. The molecule has 29 heavy (non-hydrogen) atoms. The molecule has 1 fully saturated rings. The molecule has 0 bridgehead atoms. The number of nitrogens with zero attached hydrogens (tertiary/aromatic N) is 1. The van der Waals surface area contributed by atoms with E-state index in [4.69, 9.17) is 24.7 Å². The van der Waals surface area contributed by atoms with Crippen LogP contribution in [0.1, 0.15) is 43.7 Å². The monoisotopic (exact) mass is 398 g/mol. The summed E-state index contributed by atoms with van der Waals surface area (Å²) in [5.74, 6) is -0.862. The van der Waals surface area contributed by atoms with E-state index in [9.17, 15) is 10.1 Å². The molecule has 1 saturated heterocycles. The van der Waals surface area contributed by atoms with Crippen LogP contribution in [0, 0.1) is 11.3 Å². The molecule has 0 aromatic heterocycles. The van der Waals surface area contributed by atoms with E-state index in [1.807, 2.05) is 24.3 Å². The number of carbonyl (C=O) groups excluding carboxylic acids is 1. The summed E-state index contributed by atoms with van der Waals surface area (Å²) in [6.45, 7) is 5.21. The molecule has 2 heterocycles. The van der Waals surface area contributed by atoms with Gasteiger partial charge in [0.05, 0.1) is 37.4 Å². The first-order chi connectivity index (χ1) is 14.1. The predicted molar refractivity (Wildman–Crippen MR) is 105 cm³/mol. The second-order valence-corrected chi connectivity index (χ2v) is 6.96. The molecule has 3 rings (SSSR count). The number of ether oxygens (including phenoxy) is 4. The van der Waals surface area contributed by atoms with Gasteiger partial charge in [-0.3, -0.25) is 0 Å². The van der Waals surface area contributed by atoms with Crippen LogP contribution in [0.25, 0.3) is 0 Å². The van der Waals surface area contributed by atoms with Crippen molar-refractivity contribution in [3.05, 3.63) is 58.2 Å². The van der Waals surface area contributed by atoms with Gasteiger partial charge in [-0.05, 0) is 37.8 Å². The van der Waals surface area contributed by atoms with Crippen molar-refractivity contribution in [2.75, 3.05) is 19.8 Å². The normalized spacial score (nSPS) is 21.7. The molecule has 2 unspecified atom stereocenters. The van der Waals surface area contributed by atoms with E-state index >= 15 is 0 Å². The average Bonchev–Trinajstić information content (AvgIpc) is 3.21. The van der Waals surface area contributed by atoms with Crippen molar-refractivity contribution in [2.24, 2.45) is 5.73 Å². The molecule has 0 aliphatic carbocycles. The van der Waals surface area contributed by atoms with Crippen molar-refractivity contribution in [2.45, 2.75) is 45.3 Å². The fraction of sp³-hybridized carbons (Fsp3) is 0.455. The standard InChI is InChI=1S/C22H26N2O5/c1-3-27-22(25)19-14(2)29-21(24)18(11-23)20(19)17-9-5-4-7-15(17)12-26-13-16-8-6-10-28-16/h4-5,7,9,16,20H,3,6,8,10,12-13,24H2,1-2H3. The van der Waals surface area contributed by atoms with E-state index in [0.29, 0.717) is 19.0 Å². The number of nitrogens with two attached hydrogens (primary N) is 1. The summed E-state index contributed by atoms with van der Waals surface area (Å²) in [6, 6.07) is 9.65. The average molecular weight is 398 g/mol. The molecule has 2 aliphatic heterocycles. The molecular formula is C22H26N2O5. The van der Waals surface area contributed by atoms with Gasteiger partial charge in [-0.2, -0.15) is 5.26 Å². The van der Waals surface area contributed by atoms with E-state index in [1.54, 1.807) is 13.8 Å². The Morgan fingerprint density at radius 3 is 2.86 bits per heavy atom. The number of hydrogen-bond acceptors (Lipinski definition) is 7. The van der Waals surface area contributed by atoms with Crippen molar-refractivity contribution in [3.8, 4) is 6.07 Å². The Hall–Kier alpha value is -2.82. The minimum Gasteiger partial charge on any atom is -0.463 e. The summed E-state index contributed by atoms with van der Waals surface area (Å²) in [7, 11) is 0. The van der Waals surface area contributed by atoms with E-state index in [0.717, 1.165) is 30.6 Å². The first-order valence-corrected chi connectivity index (χ1v) is 9.79. The highest BCUT2D eigenvalue weighted by atomic mass is 16.5. The van der Waals surface area contributed by atoms with Crippen LogP contribution in [0.15, 0.2) is 47.1 Å². The molecule has 2 aliphatic rings. The van der Waals surface area contributed by atoms with E-state index in [2.05, 4.69) is 6.07 Å². The number of carbonyl (C=O) groups is 1. The van der Waals surface area contributed by atoms with Gasteiger partial charge in [0, 0.05) is 6.61 Å². The number of rotatable bonds is 7. The van der Waals surface area contributed by atoms with E-state index in [-0.39, 0.29) is 29.7 Å². The lowest BCUT2D eigenvalue weighted by atomic mass is 9.81. The van der Waals surface area contributed by atoms with Crippen molar-refractivity contribution < 1.29 is 23.7 Å². The number of esters is 1. The summed E-state index contributed by atoms with van der Waals surface area (Å²) < 4.78 is 22.2. The maximum atomic E-state index is 12.7. The van der Waals surface area contributed by atoms with Crippen molar-refractivity contribution in [3.63, 3.8) is 0 Å². The molecule has 0 radical (unpaired) electrons. The van der Waals surface area contributed by atoms with Gasteiger partial charge in [0.2, 0.25) is 5.88 Å². The highest BCUT2D eigenvalue weighted by Gasteiger charge is 2.37. The van der Waals surface area contributed by atoms with Gasteiger partial charge in [-0.25, -0.2) is 4.79 Å². The topological polar surface area (TPSA) is 104 Å². The molecule has 154 valence electrons. The van der Waals surface area contributed by atoms with Crippen LogP contribution in [0.4, 0.5) is 0 Å². The highest BCUT2D eigenvalue weighted by molar-refractivity contribution is 5.92. The molecule has 2 atom stereocenters. The van der Waals surface area contributed by atoms with Crippen LogP contribution in [0.5, 0.6) is 0 Å².